The molecule has 31 heavy (non-hydrogen) atoms. The summed E-state index contributed by atoms with van der Waals surface area (Å²) in [5.74, 6) is -0.0828. The van der Waals surface area contributed by atoms with E-state index in [9.17, 15) is 9.59 Å². The Labute approximate surface area is 177 Å². The first kappa shape index (κ1) is 19.9. The lowest BCUT2D eigenvalue weighted by Crippen LogP contribution is -2.25. The third-order valence-electron chi connectivity index (χ3n) is 4.57. The van der Waals surface area contributed by atoms with Crippen LogP contribution in [0.3, 0.4) is 0 Å². The van der Waals surface area contributed by atoms with Crippen molar-refractivity contribution in [1.82, 2.24) is 9.78 Å². The van der Waals surface area contributed by atoms with E-state index in [1.165, 1.54) is 4.68 Å². The average molecular weight is 411 g/mol. The molecule has 0 saturated carbocycles. The normalized spacial score (nSPS) is 10.4. The maximum absolute atomic E-state index is 12.9. The Kier molecular flexibility index (Phi) is 5.72. The summed E-state index contributed by atoms with van der Waals surface area (Å²) in [5.41, 5.74) is 0.821. The molecule has 1 heterocycles. The van der Waals surface area contributed by atoms with Crippen molar-refractivity contribution in [3.05, 3.63) is 100 Å². The highest BCUT2D eigenvalue weighted by Crippen LogP contribution is 2.16. The van der Waals surface area contributed by atoms with Crippen LogP contribution in [0.15, 0.2) is 83.7 Å². The van der Waals surface area contributed by atoms with E-state index < -0.39 is 5.97 Å². The molecule has 0 N–H and O–H groups in total. The quantitative estimate of drug-likeness (QED) is 0.356. The molecule has 152 valence electrons. The molecule has 0 spiro atoms. The van der Waals surface area contributed by atoms with E-state index in [0.717, 1.165) is 0 Å². The van der Waals surface area contributed by atoms with Crippen LogP contribution in [0, 0.1) is 11.3 Å². The fraction of sp³-hybridized carbons (Fsp3) is 0.0833. The zero-order valence-electron chi connectivity index (χ0n) is 16.4. The van der Waals surface area contributed by atoms with Gasteiger partial charge in [-0.15, -0.1) is 0 Å². The van der Waals surface area contributed by atoms with Crippen LogP contribution >= 0.6 is 0 Å². The average Bonchev–Trinajstić information content (AvgIpc) is 2.83. The summed E-state index contributed by atoms with van der Waals surface area (Å²) >= 11 is 0. The molecule has 0 aliphatic heterocycles. The van der Waals surface area contributed by atoms with Gasteiger partial charge in [-0.05, 0) is 42.5 Å². The molecule has 0 aliphatic rings. The molecule has 3 aromatic carbocycles. The molecule has 7 heteroatoms. The monoisotopic (exact) mass is 411 g/mol. The second-order valence-corrected chi connectivity index (χ2v) is 6.57. The highest BCUT2D eigenvalue weighted by molar-refractivity contribution is 6.02. The van der Waals surface area contributed by atoms with E-state index in [-0.39, 0.29) is 24.5 Å². The van der Waals surface area contributed by atoms with Gasteiger partial charge in [-0.3, -0.25) is 4.79 Å². The maximum Gasteiger partial charge on any atom is 0.359 e. The van der Waals surface area contributed by atoms with Crippen LogP contribution in [0.4, 0.5) is 0 Å². The molecule has 4 rings (SSSR count). The largest absolute Gasteiger partial charge is 0.490 e. The molecule has 0 unspecified atom stereocenters. The summed E-state index contributed by atoms with van der Waals surface area (Å²) in [6.45, 7) is 0.132. The molecule has 0 saturated heterocycles. The molecule has 0 fully saturated rings. The van der Waals surface area contributed by atoms with Crippen molar-refractivity contribution in [1.29, 1.82) is 5.26 Å². The minimum atomic E-state index is -0.649. The molecule has 0 atom stereocenters. The number of benzene rings is 3. The summed E-state index contributed by atoms with van der Waals surface area (Å²) < 4.78 is 12.1. The zero-order valence-corrected chi connectivity index (χ0v) is 16.4. The van der Waals surface area contributed by atoms with E-state index in [2.05, 4.69) is 5.10 Å². The van der Waals surface area contributed by atoms with Gasteiger partial charge in [-0.2, -0.15) is 15.0 Å². The van der Waals surface area contributed by atoms with Gasteiger partial charge >= 0.3 is 5.97 Å². The fourth-order valence-corrected chi connectivity index (χ4v) is 3.07. The Balaban J connectivity index is 1.54. The molecule has 0 bridgehead atoms. The summed E-state index contributed by atoms with van der Waals surface area (Å²) in [5, 5.41) is 13.9. The van der Waals surface area contributed by atoms with Crippen molar-refractivity contribution in [2.75, 3.05) is 13.2 Å². The molecule has 1 aromatic heterocycles. The van der Waals surface area contributed by atoms with Crippen LogP contribution in [0.2, 0.25) is 0 Å². The van der Waals surface area contributed by atoms with Gasteiger partial charge in [-0.25, -0.2) is 4.79 Å². The van der Waals surface area contributed by atoms with Gasteiger partial charge < -0.3 is 9.47 Å². The number of hydrogen-bond acceptors (Lipinski definition) is 6. The van der Waals surface area contributed by atoms with E-state index >= 15 is 0 Å². The highest BCUT2D eigenvalue weighted by atomic mass is 16.6. The number of hydrogen-bond donors (Lipinski definition) is 0. The lowest BCUT2D eigenvalue weighted by atomic mass is 10.1. The molecular weight excluding hydrogens is 394 g/mol. The minimum absolute atomic E-state index is 0.000689. The van der Waals surface area contributed by atoms with Gasteiger partial charge in [0.05, 0.1) is 22.7 Å². The third-order valence-corrected chi connectivity index (χ3v) is 4.57. The Morgan fingerprint density at radius 3 is 2.29 bits per heavy atom. The smallest absolute Gasteiger partial charge is 0.359 e. The molecule has 7 nitrogen and oxygen atoms in total. The Bertz CT molecular complexity index is 1320. The summed E-state index contributed by atoms with van der Waals surface area (Å²) in [4.78, 5) is 25.6. The van der Waals surface area contributed by atoms with Gasteiger partial charge in [-0.1, -0.05) is 36.4 Å². The number of ether oxygens (including phenoxy) is 2. The number of rotatable bonds is 6. The van der Waals surface area contributed by atoms with Crippen LogP contribution in [0.25, 0.3) is 16.5 Å². The molecular formula is C24H17N3O4. The fourth-order valence-electron chi connectivity index (χ4n) is 3.07. The first-order valence-corrected chi connectivity index (χ1v) is 9.55. The number of esters is 1. The number of fused-ring (bicyclic) bond motifs is 1. The van der Waals surface area contributed by atoms with Crippen molar-refractivity contribution in [2.24, 2.45) is 0 Å². The van der Waals surface area contributed by atoms with Crippen LogP contribution < -0.4 is 10.3 Å². The van der Waals surface area contributed by atoms with Crippen molar-refractivity contribution in [3.8, 4) is 17.5 Å². The maximum atomic E-state index is 12.9. The van der Waals surface area contributed by atoms with Gasteiger partial charge in [0.15, 0.2) is 5.69 Å². The van der Waals surface area contributed by atoms with Crippen molar-refractivity contribution in [2.45, 2.75) is 0 Å². The second-order valence-electron chi connectivity index (χ2n) is 6.57. The van der Waals surface area contributed by atoms with Gasteiger partial charge in [0.2, 0.25) is 0 Å². The van der Waals surface area contributed by atoms with Crippen LogP contribution in [-0.4, -0.2) is 29.0 Å². The van der Waals surface area contributed by atoms with E-state index in [0.29, 0.717) is 27.8 Å². The van der Waals surface area contributed by atoms with Gasteiger partial charge in [0, 0.05) is 5.39 Å². The Morgan fingerprint density at radius 1 is 0.903 bits per heavy atom. The lowest BCUT2D eigenvalue weighted by molar-refractivity contribution is 0.0444. The number of carbonyl (C=O) groups excluding carboxylic acids is 1. The summed E-state index contributed by atoms with van der Waals surface area (Å²) in [7, 11) is 0. The second kappa shape index (κ2) is 8.93. The molecule has 0 aliphatic carbocycles. The minimum Gasteiger partial charge on any atom is -0.490 e. The number of nitrogens with zero attached hydrogens (tertiary/aromatic N) is 3. The zero-order chi connectivity index (χ0) is 21.6. The highest BCUT2D eigenvalue weighted by Gasteiger charge is 2.18. The van der Waals surface area contributed by atoms with Crippen molar-refractivity contribution in [3.63, 3.8) is 0 Å². The number of nitriles is 1. The molecule has 4 aromatic rings. The topological polar surface area (TPSA) is 94.2 Å². The van der Waals surface area contributed by atoms with E-state index in [1.807, 2.05) is 12.1 Å². The number of carbonyl (C=O) groups is 1. The third kappa shape index (κ3) is 4.28. The lowest BCUT2D eigenvalue weighted by Gasteiger charge is -2.11. The van der Waals surface area contributed by atoms with Gasteiger partial charge in [0.25, 0.3) is 5.56 Å². The first-order valence-electron chi connectivity index (χ1n) is 9.55. The van der Waals surface area contributed by atoms with Crippen molar-refractivity contribution < 1.29 is 14.3 Å². The van der Waals surface area contributed by atoms with E-state index in [4.69, 9.17) is 14.7 Å². The summed E-state index contributed by atoms with van der Waals surface area (Å²) in [6, 6.07) is 24.4. The molecule has 0 radical (unpaired) electrons. The Morgan fingerprint density at radius 2 is 1.58 bits per heavy atom. The predicted molar refractivity (Wildman–Crippen MR) is 114 cm³/mol. The summed E-state index contributed by atoms with van der Waals surface area (Å²) in [6.07, 6.45) is 0. The SMILES string of the molecule is N#Cc1ccc(OCCOC(=O)c2nn(-c3ccccc3)c(=O)c3ccccc23)cc1. The van der Waals surface area contributed by atoms with Crippen LogP contribution in [0.5, 0.6) is 5.75 Å². The number of para-hydroxylation sites is 1. The predicted octanol–water partition coefficient (Wildman–Crippen LogP) is 3.49. The standard InChI is InChI=1S/C24H17N3O4/c25-16-17-10-12-19(13-11-17)30-14-15-31-24(29)22-20-8-4-5-9-21(20)23(28)27(26-22)18-6-2-1-3-7-18/h1-13H,14-15H2. The Hall–Kier alpha value is -4.44. The van der Waals surface area contributed by atoms with Crippen molar-refractivity contribution >= 4 is 16.7 Å². The first-order chi connectivity index (χ1) is 15.2. The molecule has 0 amide bonds. The van der Waals surface area contributed by atoms with Crippen LogP contribution in [0.1, 0.15) is 16.1 Å². The van der Waals surface area contributed by atoms with Gasteiger partial charge in [0.1, 0.15) is 19.0 Å². The van der Waals surface area contributed by atoms with E-state index in [1.54, 1.807) is 72.8 Å². The van der Waals surface area contributed by atoms with Crippen LogP contribution in [-0.2, 0) is 4.74 Å². The number of aromatic nitrogens is 2.